The standard InChI is InChI=1S/C94H135ClN14O25/c1-13-14-15-16-17-18-19-20-34-109(11,12)35-22-31-100-45-57-62(112)41-56-70(77(57)115)55-37-51(25-29-61(55)111)71-88(123)107-75(91(126)105-73(56)87(122)101-32-21-33-108(9)10)80(132-68-43-93(6,97)83(118)48(4)127-68)50-23-27-54(28-24-50)129-64-39-53-40-65(81(64)134-92-82(79(117)78(116)66(46-110)131-92)133-69-44-94(7,98)84(119)49(5)128-69)130-63-30-26-52(38-58(63)95)76(114)74(106-85(120)59(99-8)36-47(2)3)90(125)102-60(42-67(96)113)86(121)103-72(53)89(124)104-71/h23-30,37-41,47-49,59-60,66,68-69,71-76,78-80,82-84,92,99-100,110,114,116-119H,13-22,31-36,42-46,97-98H2,1-12H3,(H11-,96,101,102,103,104,105,106,107,111,112,113,115,120,121,122,123,124,125,126)/p+1/t48-,49-,59+,60-,66+,68-,69-,71+,72+,73-,74+,75-,76?,78+,79-,80+,82+,83-,84-,92-,93-,94-/m0/s1. The summed E-state index contributed by atoms with van der Waals surface area (Å²) in [6, 6.07) is 2.14. The molecule has 11 bridgehead atoms. The molecular weight excluding hydrogens is 1760 g/mol. The van der Waals surface area contributed by atoms with Gasteiger partial charge in [0.15, 0.2) is 30.2 Å². The Hall–Kier alpha value is -9.73. The number of halogens is 1. The lowest BCUT2D eigenvalue weighted by atomic mass is 9.86. The molecule has 24 N–H and O–H groups in total. The van der Waals surface area contributed by atoms with Crippen molar-refractivity contribution in [3.05, 3.63) is 117 Å². The number of unbranched alkanes of at least 4 members (excludes halogenated alkanes) is 7. The number of nitrogens with two attached hydrogens (primary N) is 3. The Bertz CT molecular complexity index is 4940. The number of benzene rings is 5. The average molecular weight is 1900 g/mol. The summed E-state index contributed by atoms with van der Waals surface area (Å²) in [4.78, 5) is 127. The summed E-state index contributed by atoms with van der Waals surface area (Å²) >= 11 is 7.25. The molecule has 0 spiro atoms. The second-order valence-electron chi connectivity index (χ2n) is 37.9. The van der Waals surface area contributed by atoms with Gasteiger partial charge in [-0.1, -0.05) is 95.2 Å². The Morgan fingerprint density at radius 3 is 1.89 bits per heavy atom. The second-order valence-corrected chi connectivity index (χ2v) is 38.3. The van der Waals surface area contributed by atoms with Gasteiger partial charge in [-0.2, -0.15) is 0 Å². The third-order valence-corrected chi connectivity index (χ3v) is 25.8. The van der Waals surface area contributed by atoms with Gasteiger partial charge < -0.3 is 158 Å². The van der Waals surface area contributed by atoms with E-state index >= 15 is 28.8 Å². The van der Waals surface area contributed by atoms with E-state index < -0.39 is 234 Å². The van der Waals surface area contributed by atoms with E-state index in [4.69, 9.17) is 66.7 Å². The zero-order chi connectivity index (χ0) is 97.7. The molecule has 22 atom stereocenters. The molecular formula is C94H136ClN14O25+. The number of phenols is 3. The first-order chi connectivity index (χ1) is 63.4. The van der Waals surface area contributed by atoms with Crippen LogP contribution in [-0.2, 0) is 68.6 Å². The molecule has 0 radical (unpaired) electrons. The number of hydrogen-bond acceptors (Lipinski definition) is 30. The number of nitrogens with one attached hydrogen (secondary N) is 9. The van der Waals surface area contributed by atoms with Crippen LogP contribution < -0.4 is 79.3 Å². The number of phenolic OH excluding ortho intramolecular Hbond substituents is 3. The molecule has 8 aliphatic heterocycles. The Kier molecular flexibility index (Phi) is 35.9. The number of quaternary nitrogens is 1. The number of hydrogen-bond donors (Lipinski definition) is 21. The van der Waals surface area contributed by atoms with Gasteiger partial charge in [-0.15, -0.1) is 0 Å². The minimum atomic E-state index is -2.35. The van der Waals surface area contributed by atoms with Crippen LogP contribution in [0.4, 0.5) is 0 Å². The highest BCUT2D eigenvalue weighted by molar-refractivity contribution is 6.32. The van der Waals surface area contributed by atoms with E-state index in [2.05, 4.69) is 68.9 Å². The molecule has 8 aliphatic rings. The SMILES string of the molecule is CCCCCCCCCC[N+](C)(C)CCCNCc1c(O)cc2c(c1O)-c1cc(ccc1O)[C@H]1NC(=O)[C@@H]3NC(=O)[C@H](CC(N)=O)NC(=O)[C@H](NC(=O)[C@@H](CC(C)C)NC)C(O)c4ccc(c(Cl)c4)Oc4cc3cc(c4O[C@@H]3O[C@H](CO)[C@@H](O)[C@H](O)[C@H]3O[C@H]3C[C@](C)(N)[C@@H](O)[C@H](C)O3)Oc3ccc(cc3)[C@@H](O[C@H]3C[C@](C)(N)[C@@H](O)[C@H](C)O3)[C@H](NC1=O)C(=O)N[C@@H]2C(=O)NCCCN(C)C. The van der Waals surface area contributed by atoms with Gasteiger partial charge in [-0.05, 0) is 169 Å². The van der Waals surface area contributed by atoms with Gasteiger partial charge in [-0.3, -0.25) is 38.4 Å². The number of aromatic hydroxyl groups is 3. The summed E-state index contributed by atoms with van der Waals surface area (Å²) in [5.41, 5.74) is 14.5. The van der Waals surface area contributed by atoms with Gasteiger partial charge in [0.2, 0.25) is 59.3 Å². The van der Waals surface area contributed by atoms with E-state index in [0.717, 1.165) is 61.1 Å². The maximum Gasteiger partial charge on any atom is 0.248 e. The molecule has 5 aromatic rings. The van der Waals surface area contributed by atoms with Crippen molar-refractivity contribution in [2.24, 2.45) is 23.1 Å². The van der Waals surface area contributed by atoms with E-state index in [1.807, 2.05) is 32.8 Å². The minimum Gasteiger partial charge on any atom is -0.507 e. The molecule has 3 saturated heterocycles. The van der Waals surface area contributed by atoms with Crippen molar-refractivity contribution >= 4 is 58.9 Å². The lowest BCUT2D eigenvalue weighted by Gasteiger charge is -2.47. The fourth-order valence-electron chi connectivity index (χ4n) is 17.8. The number of carbonyl (C=O) groups excluding carboxylic acids is 8. The number of carbonyl (C=O) groups is 8. The number of ether oxygens (including phenoxy) is 8. The van der Waals surface area contributed by atoms with Crippen LogP contribution in [0.2, 0.25) is 5.02 Å². The topological polar surface area (TPSA) is 582 Å². The van der Waals surface area contributed by atoms with Crippen LogP contribution in [0.5, 0.6) is 46.0 Å². The number of fused-ring (bicyclic) bond motifs is 15. The van der Waals surface area contributed by atoms with E-state index in [0.29, 0.717) is 25.9 Å². The van der Waals surface area contributed by atoms with Crippen LogP contribution in [-0.4, -0.2) is 280 Å². The summed E-state index contributed by atoms with van der Waals surface area (Å²) in [5, 5.41) is 133. The first kappa shape index (κ1) is 105. The van der Waals surface area contributed by atoms with Crippen LogP contribution in [0, 0.1) is 5.92 Å². The Balaban J connectivity index is 1.15. The summed E-state index contributed by atoms with van der Waals surface area (Å²) in [7, 11) is 9.45. The van der Waals surface area contributed by atoms with Crippen LogP contribution >= 0.6 is 11.6 Å². The van der Waals surface area contributed by atoms with Crippen molar-refractivity contribution in [2.45, 2.75) is 278 Å². The highest BCUT2D eigenvalue weighted by Gasteiger charge is 2.53. The van der Waals surface area contributed by atoms with Crippen molar-refractivity contribution < 1.29 is 127 Å². The molecule has 13 rings (SSSR count). The Morgan fingerprint density at radius 2 is 1.27 bits per heavy atom. The first-order valence-corrected chi connectivity index (χ1v) is 46.4. The number of rotatable bonds is 34. The number of amides is 8. The molecule has 40 heteroatoms. The number of nitrogens with zero attached hydrogens (tertiary/aromatic N) is 2. The van der Waals surface area contributed by atoms with Gasteiger partial charge >= 0.3 is 0 Å². The second kappa shape index (κ2) is 45.9. The van der Waals surface area contributed by atoms with Gasteiger partial charge in [0.1, 0.15) is 95.5 Å². The third kappa shape index (κ3) is 25.9. The third-order valence-electron chi connectivity index (χ3n) is 25.5. The first-order valence-electron chi connectivity index (χ1n) is 46.0. The maximum atomic E-state index is 16.9. The molecule has 3 fully saturated rings. The monoisotopic (exact) mass is 1900 g/mol. The largest absolute Gasteiger partial charge is 0.507 e. The van der Waals surface area contributed by atoms with Crippen molar-refractivity contribution in [1.29, 1.82) is 0 Å². The fourth-order valence-corrected chi connectivity index (χ4v) is 18.0. The predicted molar refractivity (Wildman–Crippen MR) is 490 cm³/mol. The van der Waals surface area contributed by atoms with Gasteiger partial charge in [0.25, 0.3) is 0 Å². The normalized spacial score (nSPS) is 28.8. The number of likely N-dealkylation sites (N-methyl/N-ethyl adjacent to an activating group) is 1. The average Bonchev–Trinajstić information content (AvgIpc) is 0.750. The van der Waals surface area contributed by atoms with Crippen LogP contribution in [0.15, 0.2) is 78.9 Å². The number of aliphatic hydroxyl groups is 6. The molecule has 0 aliphatic carbocycles. The summed E-state index contributed by atoms with van der Waals surface area (Å²) < 4.78 is 53.5. The van der Waals surface area contributed by atoms with Crippen molar-refractivity contribution in [2.75, 3.05) is 74.6 Å². The Morgan fingerprint density at radius 1 is 0.664 bits per heavy atom. The lowest BCUT2D eigenvalue weighted by molar-refractivity contribution is -0.890. The molecule has 8 heterocycles. The molecule has 39 nitrogen and oxygen atoms in total. The highest BCUT2D eigenvalue weighted by Crippen LogP contribution is 2.51. The van der Waals surface area contributed by atoms with E-state index in [-0.39, 0.29) is 93.7 Å². The molecule has 5 aromatic carbocycles. The van der Waals surface area contributed by atoms with E-state index in [1.54, 1.807) is 0 Å². The molecule has 738 valence electrons. The number of primary amides is 1. The van der Waals surface area contributed by atoms with Crippen molar-refractivity contribution in [1.82, 2.24) is 52.8 Å². The molecule has 8 amide bonds. The predicted octanol–water partition coefficient (Wildman–Crippen LogP) is 3.37. The Labute approximate surface area is 784 Å². The molecule has 0 saturated carbocycles. The van der Waals surface area contributed by atoms with Gasteiger partial charge in [0.05, 0.1) is 81.3 Å². The van der Waals surface area contributed by atoms with Gasteiger partial charge in [-0.25, -0.2) is 0 Å². The molecule has 0 aromatic heterocycles. The zero-order valence-electron chi connectivity index (χ0n) is 78.0. The minimum absolute atomic E-state index is 0.00996. The number of aliphatic hydroxyl groups excluding tert-OH is 6. The lowest BCUT2D eigenvalue weighted by Crippen LogP contribution is -2.64. The molecule has 134 heavy (non-hydrogen) atoms. The van der Waals surface area contributed by atoms with E-state index in [9.17, 15) is 55.5 Å². The fraction of sp³-hybridized carbons (Fsp3) is 0.596. The van der Waals surface area contributed by atoms with Crippen molar-refractivity contribution in [3.63, 3.8) is 0 Å². The maximum absolute atomic E-state index is 16.9. The van der Waals surface area contributed by atoms with Crippen LogP contribution in [0.3, 0.4) is 0 Å². The summed E-state index contributed by atoms with van der Waals surface area (Å²) in [5.74, 6) is -13.8. The smallest absolute Gasteiger partial charge is 0.248 e. The highest BCUT2D eigenvalue weighted by atomic mass is 35.5. The zero-order valence-corrected chi connectivity index (χ0v) is 78.8. The van der Waals surface area contributed by atoms with Crippen molar-refractivity contribution in [3.8, 4) is 57.1 Å². The quantitative estimate of drug-likeness (QED) is 0.0207. The van der Waals surface area contributed by atoms with E-state index in [1.165, 1.54) is 121 Å². The van der Waals surface area contributed by atoms with Gasteiger partial charge in [0, 0.05) is 61.1 Å². The molecule has 1 unspecified atom stereocenters. The van der Waals surface area contributed by atoms with Crippen LogP contribution in [0.25, 0.3) is 11.1 Å². The van der Waals surface area contributed by atoms with Crippen LogP contribution in [0.1, 0.15) is 202 Å². The summed E-state index contributed by atoms with van der Waals surface area (Å²) in [6.45, 7) is 13.3. The summed E-state index contributed by atoms with van der Waals surface area (Å²) in [6.07, 6.45) is -11.9.